The van der Waals surface area contributed by atoms with Crippen LogP contribution in [-0.2, 0) is 4.57 Å². The molecular weight excluding hydrogens is 367 g/mol. The van der Waals surface area contributed by atoms with Gasteiger partial charge in [-0.05, 0) is 47.4 Å². The lowest BCUT2D eigenvalue weighted by Gasteiger charge is -2.09. The van der Waals surface area contributed by atoms with Crippen LogP contribution in [0.5, 0.6) is 5.75 Å². The van der Waals surface area contributed by atoms with Gasteiger partial charge in [0.2, 0.25) is 0 Å². The van der Waals surface area contributed by atoms with Crippen LogP contribution in [0.15, 0.2) is 42.5 Å². The molecular formula is C24H35O3P. The average molecular weight is 403 g/mol. The summed E-state index contributed by atoms with van der Waals surface area (Å²) in [7, 11) is -3.52. The predicted molar refractivity (Wildman–Crippen MR) is 121 cm³/mol. The highest BCUT2D eigenvalue weighted by atomic mass is 31.2. The van der Waals surface area contributed by atoms with E-state index in [9.17, 15) is 9.46 Å². The van der Waals surface area contributed by atoms with Crippen LogP contribution in [0.2, 0.25) is 0 Å². The monoisotopic (exact) mass is 402 g/mol. The molecule has 0 fully saturated rings. The van der Waals surface area contributed by atoms with Gasteiger partial charge in [0.1, 0.15) is 5.75 Å². The van der Waals surface area contributed by atoms with Crippen molar-refractivity contribution >= 4 is 24.4 Å². The van der Waals surface area contributed by atoms with Crippen LogP contribution in [-0.4, -0.2) is 11.6 Å². The van der Waals surface area contributed by atoms with Gasteiger partial charge < -0.3 is 9.42 Å². The van der Waals surface area contributed by atoms with Gasteiger partial charge in [0.15, 0.2) is 0 Å². The first kappa shape index (κ1) is 22.7. The summed E-state index contributed by atoms with van der Waals surface area (Å²) in [6.07, 6.45) is 17.8. The quantitative estimate of drug-likeness (QED) is 0.273. The van der Waals surface area contributed by atoms with Gasteiger partial charge in [-0.1, -0.05) is 88.6 Å². The molecule has 1 N–H and O–H groups in total. The van der Waals surface area contributed by atoms with E-state index in [4.69, 9.17) is 4.52 Å². The number of rotatable bonds is 13. The van der Waals surface area contributed by atoms with E-state index in [1.54, 1.807) is 12.1 Å². The lowest BCUT2D eigenvalue weighted by atomic mass is 10.0. The molecule has 4 heteroatoms. The summed E-state index contributed by atoms with van der Waals surface area (Å²) >= 11 is 0. The number of hydrogen-bond acceptors (Lipinski definition) is 2. The second kappa shape index (κ2) is 12.1. The molecule has 0 aliphatic carbocycles. The van der Waals surface area contributed by atoms with Gasteiger partial charge in [0.05, 0.1) is 0 Å². The lowest BCUT2D eigenvalue weighted by Crippen LogP contribution is -1.89. The Bertz CT molecular complexity index is 792. The molecule has 1 atom stereocenters. The highest BCUT2D eigenvalue weighted by Gasteiger charge is 2.11. The maximum Gasteiger partial charge on any atom is 0.373 e. The van der Waals surface area contributed by atoms with Crippen molar-refractivity contribution in [2.24, 2.45) is 0 Å². The zero-order valence-corrected chi connectivity index (χ0v) is 18.3. The normalized spacial score (nSPS) is 13.8. The van der Waals surface area contributed by atoms with Crippen molar-refractivity contribution in [1.82, 2.24) is 0 Å². The first-order chi connectivity index (χ1) is 13.5. The maximum absolute atomic E-state index is 11.4. The van der Waals surface area contributed by atoms with Gasteiger partial charge in [0, 0.05) is 6.66 Å². The zero-order chi connectivity index (χ0) is 20.2. The van der Waals surface area contributed by atoms with Gasteiger partial charge in [-0.15, -0.1) is 0 Å². The van der Waals surface area contributed by atoms with Crippen molar-refractivity contribution in [2.45, 2.75) is 71.1 Å². The molecule has 0 radical (unpaired) electrons. The van der Waals surface area contributed by atoms with Crippen molar-refractivity contribution in [1.29, 1.82) is 0 Å². The molecule has 2 aromatic carbocycles. The van der Waals surface area contributed by atoms with Crippen LogP contribution in [0.25, 0.3) is 16.8 Å². The predicted octanol–water partition coefficient (Wildman–Crippen LogP) is 7.97. The van der Waals surface area contributed by atoms with Gasteiger partial charge in [-0.3, -0.25) is 0 Å². The molecule has 0 heterocycles. The summed E-state index contributed by atoms with van der Waals surface area (Å²) in [5.41, 5.74) is 1.18. The van der Waals surface area contributed by atoms with Crippen LogP contribution < -0.4 is 4.52 Å². The highest BCUT2D eigenvalue weighted by molar-refractivity contribution is 7.52. The summed E-state index contributed by atoms with van der Waals surface area (Å²) in [6, 6.07) is 11.7. The molecule has 28 heavy (non-hydrogen) atoms. The third-order valence-electron chi connectivity index (χ3n) is 4.90. The molecule has 0 aromatic heterocycles. The number of allylic oxidation sites excluding steroid dienone is 1. The van der Waals surface area contributed by atoms with Crippen molar-refractivity contribution in [2.75, 3.05) is 6.66 Å². The second-order valence-electron chi connectivity index (χ2n) is 7.68. The van der Waals surface area contributed by atoms with E-state index in [1.165, 1.54) is 70.0 Å². The second-order valence-corrected chi connectivity index (χ2v) is 9.47. The standard InChI is InChI=1S/C24H35O3P/c1-3-4-5-6-7-8-9-10-11-12-13-14-21-15-16-23-20-24(27-28(2,25)26)18-17-22(23)19-21/h13-20H,3-12H2,1-2H3,(H,25,26)/b14-13+. The third kappa shape index (κ3) is 9.08. The molecule has 2 rings (SSSR count). The van der Waals surface area contributed by atoms with E-state index in [0.717, 1.165) is 17.2 Å². The fourth-order valence-corrected chi connectivity index (χ4v) is 3.90. The number of benzene rings is 2. The van der Waals surface area contributed by atoms with E-state index in [-0.39, 0.29) is 0 Å². The number of fused-ring (bicyclic) bond motifs is 1. The largest absolute Gasteiger partial charge is 0.425 e. The fraction of sp³-hybridized carbons (Fsp3) is 0.500. The smallest absolute Gasteiger partial charge is 0.373 e. The summed E-state index contributed by atoms with van der Waals surface area (Å²) in [5.74, 6) is 0.425. The van der Waals surface area contributed by atoms with Gasteiger partial charge in [-0.2, -0.15) is 0 Å². The average Bonchev–Trinajstić information content (AvgIpc) is 2.65. The SMILES string of the molecule is CCCCCCCCCCC/C=C/c1ccc2cc(OP(C)(=O)O)ccc2c1. The molecule has 0 saturated heterocycles. The van der Waals surface area contributed by atoms with Gasteiger partial charge >= 0.3 is 7.60 Å². The highest BCUT2D eigenvalue weighted by Crippen LogP contribution is 2.39. The maximum atomic E-state index is 11.4. The Balaban J connectivity index is 1.72. The Morgan fingerprint density at radius 3 is 2.18 bits per heavy atom. The molecule has 0 aliphatic rings. The van der Waals surface area contributed by atoms with Crippen molar-refractivity contribution in [3.63, 3.8) is 0 Å². The Morgan fingerprint density at radius 2 is 1.50 bits per heavy atom. The Hall–Kier alpha value is -1.57. The minimum Gasteiger partial charge on any atom is -0.425 e. The van der Waals surface area contributed by atoms with Crippen LogP contribution in [0.1, 0.15) is 76.7 Å². The Labute approximate surface area is 170 Å². The molecule has 154 valence electrons. The summed E-state index contributed by atoms with van der Waals surface area (Å²) in [5, 5.41) is 2.10. The molecule has 3 nitrogen and oxygen atoms in total. The van der Waals surface area contributed by atoms with Crippen LogP contribution in [0.4, 0.5) is 0 Å². The van der Waals surface area contributed by atoms with E-state index < -0.39 is 7.60 Å². The first-order valence-electron chi connectivity index (χ1n) is 10.7. The lowest BCUT2D eigenvalue weighted by molar-refractivity contribution is 0.388. The van der Waals surface area contributed by atoms with Crippen LogP contribution >= 0.6 is 7.60 Å². The Morgan fingerprint density at radius 1 is 0.893 bits per heavy atom. The molecule has 0 amide bonds. The first-order valence-corrected chi connectivity index (χ1v) is 12.7. The zero-order valence-electron chi connectivity index (χ0n) is 17.4. The molecule has 1 unspecified atom stereocenters. The van der Waals surface area contributed by atoms with Crippen LogP contribution in [0.3, 0.4) is 0 Å². The van der Waals surface area contributed by atoms with E-state index in [2.05, 4.69) is 31.2 Å². The summed E-state index contributed by atoms with van der Waals surface area (Å²) < 4.78 is 16.5. The van der Waals surface area contributed by atoms with E-state index in [1.807, 2.05) is 12.1 Å². The molecule has 0 aliphatic heterocycles. The summed E-state index contributed by atoms with van der Waals surface area (Å²) in [6.45, 7) is 3.46. The Kier molecular flexibility index (Phi) is 9.81. The van der Waals surface area contributed by atoms with Gasteiger partial charge in [0.25, 0.3) is 0 Å². The number of hydrogen-bond donors (Lipinski definition) is 1. The van der Waals surface area contributed by atoms with Crippen molar-refractivity contribution in [3.05, 3.63) is 48.0 Å². The van der Waals surface area contributed by atoms with Crippen molar-refractivity contribution < 1.29 is 14.0 Å². The number of unbranched alkanes of at least 4 members (excludes halogenated alkanes) is 9. The third-order valence-corrected chi connectivity index (χ3v) is 5.44. The van der Waals surface area contributed by atoms with Crippen molar-refractivity contribution in [3.8, 4) is 5.75 Å². The molecule has 0 bridgehead atoms. The van der Waals surface area contributed by atoms with E-state index in [0.29, 0.717) is 5.75 Å². The molecule has 0 saturated carbocycles. The van der Waals surface area contributed by atoms with Crippen LogP contribution in [0, 0.1) is 0 Å². The minimum absolute atomic E-state index is 0.425. The summed E-state index contributed by atoms with van der Waals surface area (Å²) in [4.78, 5) is 9.34. The fourth-order valence-electron chi connectivity index (χ4n) is 3.39. The molecule has 2 aromatic rings. The molecule has 0 spiro atoms. The topological polar surface area (TPSA) is 46.5 Å². The minimum atomic E-state index is -3.52. The van der Waals surface area contributed by atoms with Gasteiger partial charge in [-0.25, -0.2) is 4.57 Å². The van der Waals surface area contributed by atoms with E-state index >= 15 is 0 Å².